The summed E-state index contributed by atoms with van der Waals surface area (Å²) in [6.45, 7) is 4.85. The number of hydrogen-bond donors (Lipinski definition) is 2. The van der Waals surface area contributed by atoms with Crippen LogP contribution in [0.3, 0.4) is 0 Å². The number of hydrogen-bond acceptors (Lipinski definition) is 10. The Morgan fingerprint density at radius 2 is 2.00 bits per heavy atom. The van der Waals surface area contributed by atoms with Crippen molar-refractivity contribution in [2.45, 2.75) is 32.9 Å². The van der Waals surface area contributed by atoms with Crippen molar-refractivity contribution in [3.63, 3.8) is 0 Å². The SMILES string of the molecule is Cc1cc([C@@H](C)Nc2ccc(Cl)nc2C(=O)NS(C)(=O)=O)c2nc(N3CCc4oncc4C3)n(C)c(=O)c2c1. The van der Waals surface area contributed by atoms with Crippen molar-refractivity contribution >= 4 is 50.1 Å². The lowest BCUT2D eigenvalue weighted by atomic mass is 10.0. The van der Waals surface area contributed by atoms with Gasteiger partial charge in [-0.15, -0.1) is 0 Å². The van der Waals surface area contributed by atoms with Crippen molar-refractivity contribution in [2.24, 2.45) is 7.05 Å². The molecule has 0 bridgehead atoms. The molecule has 14 heteroatoms. The zero-order chi connectivity index (χ0) is 28.1. The monoisotopic (exact) mass is 571 g/mol. The Labute approximate surface area is 229 Å². The van der Waals surface area contributed by atoms with Gasteiger partial charge in [-0.2, -0.15) is 0 Å². The van der Waals surface area contributed by atoms with E-state index in [0.717, 1.165) is 28.7 Å². The van der Waals surface area contributed by atoms with Crippen LogP contribution in [0.5, 0.6) is 0 Å². The van der Waals surface area contributed by atoms with Crippen LogP contribution in [-0.4, -0.2) is 46.8 Å². The summed E-state index contributed by atoms with van der Waals surface area (Å²) in [5.74, 6) is 0.424. The van der Waals surface area contributed by atoms with Crippen LogP contribution in [0.15, 0.2) is 39.8 Å². The topological polar surface area (TPSA) is 152 Å². The first-order valence-electron chi connectivity index (χ1n) is 12.0. The Morgan fingerprint density at radius 3 is 2.74 bits per heavy atom. The Balaban J connectivity index is 1.57. The summed E-state index contributed by atoms with van der Waals surface area (Å²) >= 11 is 6.00. The zero-order valence-electron chi connectivity index (χ0n) is 21.6. The molecule has 0 radical (unpaired) electrons. The summed E-state index contributed by atoms with van der Waals surface area (Å²) in [5, 5.41) is 7.59. The van der Waals surface area contributed by atoms with Crippen LogP contribution in [0.25, 0.3) is 10.9 Å². The third-order valence-electron chi connectivity index (χ3n) is 6.51. The molecule has 0 saturated carbocycles. The van der Waals surface area contributed by atoms with E-state index in [1.54, 1.807) is 29.9 Å². The molecule has 12 nitrogen and oxygen atoms in total. The van der Waals surface area contributed by atoms with Gasteiger partial charge >= 0.3 is 0 Å². The van der Waals surface area contributed by atoms with E-state index in [1.807, 2.05) is 29.5 Å². The Kier molecular flexibility index (Phi) is 6.81. The van der Waals surface area contributed by atoms with E-state index in [2.05, 4.69) is 15.5 Å². The molecule has 1 aliphatic heterocycles. The van der Waals surface area contributed by atoms with Gasteiger partial charge in [-0.3, -0.25) is 14.2 Å². The Hall–Kier alpha value is -3.97. The number of rotatable bonds is 6. The van der Waals surface area contributed by atoms with Gasteiger partial charge in [-0.1, -0.05) is 22.8 Å². The number of nitrogens with zero attached hydrogens (tertiary/aromatic N) is 5. The van der Waals surface area contributed by atoms with Crippen LogP contribution >= 0.6 is 11.6 Å². The van der Waals surface area contributed by atoms with Gasteiger partial charge in [0.25, 0.3) is 11.5 Å². The fraction of sp³-hybridized carbons (Fsp3) is 0.320. The number of carbonyl (C=O) groups is 1. The number of aromatic nitrogens is 4. The Bertz CT molecular complexity index is 1780. The first kappa shape index (κ1) is 26.6. The lowest BCUT2D eigenvalue weighted by molar-refractivity contribution is 0.0977. The van der Waals surface area contributed by atoms with Gasteiger partial charge < -0.3 is 14.7 Å². The number of benzene rings is 1. The predicted octanol–water partition coefficient (Wildman–Crippen LogP) is 2.70. The summed E-state index contributed by atoms with van der Waals surface area (Å²) in [7, 11) is -2.13. The number of carbonyl (C=O) groups excluding carboxylic acids is 1. The van der Waals surface area contributed by atoms with E-state index in [9.17, 15) is 18.0 Å². The van der Waals surface area contributed by atoms with Crippen molar-refractivity contribution in [3.8, 4) is 0 Å². The number of anilines is 2. The van der Waals surface area contributed by atoms with Gasteiger partial charge in [0.2, 0.25) is 16.0 Å². The molecule has 1 atom stereocenters. The molecular weight excluding hydrogens is 546 g/mol. The second-order valence-electron chi connectivity index (χ2n) is 9.57. The van der Waals surface area contributed by atoms with Crippen LogP contribution in [0, 0.1) is 6.92 Å². The van der Waals surface area contributed by atoms with Crippen LogP contribution < -0.4 is 20.5 Å². The van der Waals surface area contributed by atoms with Gasteiger partial charge in [0.15, 0.2) is 5.69 Å². The molecule has 4 heterocycles. The van der Waals surface area contributed by atoms with Gasteiger partial charge in [0, 0.05) is 31.1 Å². The molecule has 1 aliphatic rings. The molecule has 2 N–H and O–H groups in total. The van der Waals surface area contributed by atoms with Gasteiger partial charge in [0.1, 0.15) is 10.9 Å². The molecule has 0 aliphatic carbocycles. The summed E-state index contributed by atoms with van der Waals surface area (Å²) in [4.78, 5) is 37.2. The van der Waals surface area contributed by atoms with Crippen molar-refractivity contribution in [1.29, 1.82) is 0 Å². The number of pyridine rings is 1. The molecule has 0 unspecified atom stereocenters. The number of sulfonamides is 1. The molecule has 0 spiro atoms. The average Bonchev–Trinajstić information content (AvgIpc) is 3.34. The first-order valence-corrected chi connectivity index (χ1v) is 14.3. The molecule has 204 valence electrons. The largest absolute Gasteiger partial charge is 0.377 e. The van der Waals surface area contributed by atoms with Crippen molar-refractivity contribution in [1.82, 2.24) is 24.4 Å². The zero-order valence-corrected chi connectivity index (χ0v) is 23.2. The van der Waals surface area contributed by atoms with Crippen molar-refractivity contribution in [2.75, 3.05) is 23.0 Å². The molecular formula is C25H26ClN7O5S. The second-order valence-corrected chi connectivity index (χ2v) is 11.7. The molecule has 0 saturated heterocycles. The molecule has 39 heavy (non-hydrogen) atoms. The third-order valence-corrected chi connectivity index (χ3v) is 7.27. The number of nitrogens with one attached hydrogen (secondary N) is 2. The van der Waals surface area contributed by atoms with E-state index in [-0.39, 0.29) is 22.1 Å². The fourth-order valence-corrected chi connectivity index (χ4v) is 5.30. The normalized spacial score (nSPS) is 14.2. The van der Waals surface area contributed by atoms with Gasteiger partial charge in [0.05, 0.1) is 41.6 Å². The Morgan fingerprint density at radius 1 is 1.23 bits per heavy atom. The highest BCUT2D eigenvalue weighted by atomic mass is 35.5. The minimum atomic E-state index is -3.83. The number of halogens is 1. The van der Waals surface area contributed by atoms with Crippen LogP contribution in [-0.2, 0) is 30.0 Å². The van der Waals surface area contributed by atoms with Crippen LogP contribution in [0.2, 0.25) is 5.15 Å². The number of aryl methyl sites for hydroxylation is 1. The maximum Gasteiger partial charge on any atom is 0.285 e. The lowest BCUT2D eigenvalue weighted by Gasteiger charge is -2.28. The van der Waals surface area contributed by atoms with E-state index in [1.165, 1.54) is 6.07 Å². The summed E-state index contributed by atoms with van der Waals surface area (Å²) < 4.78 is 32.0. The quantitative estimate of drug-likeness (QED) is 0.330. The fourth-order valence-electron chi connectivity index (χ4n) is 4.72. The second kappa shape index (κ2) is 9.97. The number of amides is 1. The first-order chi connectivity index (χ1) is 18.4. The highest BCUT2D eigenvalue weighted by Crippen LogP contribution is 2.30. The highest BCUT2D eigenvalue weighted by molar-refractivity contribution is 7.89. The maximum atomic E-state index is 13.5. The summed E-state index contributed by atoms with van der Waals surface area (Å²) in [6, 6.07) is 6.30. The molecule has 4 aromatic rings. The van der Waals surface area contributed by atoms with E-state index < -0.39 is 22.0 Å². The summed E-state index contributed by atoms with van der Waals surface area (Å²) in [6.07, 6.45) is 3.20. The van der Waals surface area contributed by atoms with E-state index in [4.69, 9.17) is 21.1 Å². The molecule has 1 amide bonds. The third kappa shape index (κ3) is 5.32. The van der Waals surface area contributed by atoms with E-state index in [0.29, 0.717) is 36.4 Å². The highest BCUT2D eigenvalue weighted by Gasteiger charge is 2.25. The van der Waals surface area contributed by atoms with Gasteiger partial charge in [-0.05, 0) is 37.6 Å². The minimum absolute atomic E-state index is 0.0279. The molecule has 1 aromatic carbocycles. The number of fused-ring (bicyclic) bond motifs is 2. The minimum Gasteiger partial charge on any atom is -0.377 e. The standard InChI is InChI=1S/C25H26ClN7O5S/c1-13-9-16(14(2)28-18-5-6-20(26)29-22(18)23(34)31-39(4,36)37)21-17(10-13)24(35)32(3)25(30-21)33-8-7-19-15(12-33)11-27-38-19/h5-6,9-11,14,28H,7-8,12H2,1-4H3,(H,31,34)/t14-/m1/s1. The van der Waals surface area contributed by atoms with Crippen molar-refractivity contribution in [3.05, 3.63) is 74.1 Å². The molecule has 5 rings (SSSR count). The van der Waals surface area contributed by atoms with Crippen LogP contribution in [0.4, 0.5) is 11.6 Å². The smallest absolute Gasteiger partial charge is 0.285 e. The molecule has 0 fully saturated rings. The molecule has 3 aromatic heterocycles. The summed E-state index contributed by atoms with van der Waals surface area (Å²) in [5.41, 5.74) is 2.93. The van der Waals surface area contributed by atoms with Gasteiger partial charge in [-0.25, -0.2) is 23.1 Å². The average molecular weight is 572 g/mol. The van der Waals surface area contributed by atoms with Crippen LogP contribution in [0.1, 0.15) is 45.9 Å². The van der Waals surface area contributed by atoms with Crippen molar-refractivity contribution < 1.29 is 17.7 Å². The predicted molar refractivity (Wildman–Crippen MR) is 147 cm³/mol. The lowest BCUT2D eigenvalue weighted by Crippen LogP contribution is -2.35. The maximum absolute atomic E-state index is 13.5. The van der Waals surface area contributed by atoms with E-state index >= 15 is 0 Å².